The van der Waals surface area contributed by atoms with Crippen LogP contribution in [-0.2, 0) is 6.42 Å². The predicted octanol–water partition coefficient (Wildman–Crippen LogP) is 3.45. The molecule has 3 heterocycles. The van der Waals surface area contributed by atoms with E-state index in [1.165, 1.54) is 17.5 Å². The SMILES string of the molecule is O=C(c1cn2cccnc2n1)N1CCC[C@H]1[C@@H]1CCCc2ccccc21. The normalized spacial score (nSPS) is 22.5. The lowest BCUT2D eigenvalue weighted by molar-refractivity contribution is 0.0705. The Labute approximate surface area is 152 Å². The van der Waals surface area contributed by atoms with Crippen LogP contribution in [0.15, 0.2) is 48.9 Å². The van der Waals surface area contributed by atoms with Crippen LogP contribution in [0.3, 0.4) is 0 Å². The Morgan fingerprint density at radius 1 is 1.12 bits per heavy atom. The fourth-order valence-corrected chi connectivity index (χ4v) is 4.73. The Morgan fingerprint density at radius 2 is 2.04 bits per heavy atom. The van der Waals surface area contributed by atoms with E-state index in [1.54, 1.807) is 12.4 Å². The zero-order valence-electron chi connectivity index (χ0n) is 14.7. The number of carbonyl (C=O) groups is 1. The third-order valence-corrected chi connectivity index (χ3v) is 5.89. The van der Waals surface area contributed by atoms with Crippen LogP contribution in [0.2, 0.25) is 0 Å². The molecular formula is C21H22N4O. The van der Waals surface area contributed by atoms with Gasteiger partial charge in [0.15, 0.2) is 0 Å². The summed E-state index contributed by atoms with van der Waals surface area (Å²) in [6, 6.07) is 10.9. The summed E-state index contributed by atoms with van der Waals surface area (Å²) >= 11 is 0. The van der Waals surface area contributed by atoms with Gasteiger partial charge >= 0.3 is 0 Å². The van der Waals surface area contributed by atoms with Crippen molar-refractivity contribution in [2.45, 2.75) is 44.1 Å². The number of benzene rings is 1. The summed E-state index contributed by atoms with van der Waals surface area (Å²) in [4.78, 5) is 23.9. The third kappa shape index (κ3) is 2.50. The Bertz CT molecular complexity index is 930. The minimum absolute atomic E-state index is 0.0426. The van der Waals surface area contributed by atoms with Crippen molar-refractivity contribution in [1.82, 2.24) is 19.3 Å². The summed E-state index contributed by atoms with van der Waals surface area (Å²) in [5, 5.41) is 0. The van der Waals surface area contributed by atoms with Crippen molar-refractivity contribution in [2.75, 3.05) is 6.54 Å². The van der Waals surface area contributed by atoms with Gasteiger partial charge in [-0.05, 0) is 49.3 Å². The highest BCUT2D eigenvalue weighted by atomic mass is 16.2. The molecule has 5 nitrogen and oxygen atoms in total. The second kappa shape index (κ2) is 6.24. The smallest absolute Gasteiger partial charge is 0.274 e. The Morgan fingerprint density at radius 3 is 2.96 bits per heavy atom. The molecule has 1 amide bonds. The van der Waals surface area contributed by atoms with E-state index in [2.05, 4.69) is 39.1 Å². The monoisotopic (exact) mass is 346 g/mol. The van der Waals surface area contributed by atoms with Gasteiger partial charge in [0.05, 0.1) is 0 Å². The molecule has 5 rings (SSSR count). The van der Waals surface area contributed by atoms with E-state index in [0.29, 0.717) is 17.4 Å². The Balaban J connectivity index is 1.47. The molecule has 26 heavy (non-hydrogen) atoms. The van der Waals surface area contributed by atoms with Gasteiger partial charge < -0.3 is 4.90 Å². The number of aryl methyl sites for hydroxylation is 1. The zero-order chi connectivity index (χ0) is 17.5. The highest BCUT2D eigenvalue weighted by Crippen LogP contribution is 2.40. The maximum absolute atomic E-state index is 13.2. The lowest BCUT2D eigenvalue weighted by Crippen LogP contribution is -2.40. The summed E-state index contributed by atoms with van der Waals surface area (Å²) < 4.78 is 1.81. The predicted molar refractivity (Wildman–Crippen MR) is 99.2 cm³/mol. The van der Waals surface area contributed by atoms with E-state index in [4.69, 9.17) is 0 Å². The number of hydrogen-bond donors (Lipinski definition) is 0. The van der Waals surface area contributed by atoms with E-state index in [0.717, 1.165) is 32.2 Å². The van der Waals surface area contributed by atoms with Crippen LogP contribution < -0.4 is 0 Å². The molecule has 0 N–H and O–H groups in total. The standard InChI is InChI=1S/C21H22N4O/c26-20(18-14-24-12-5-11-22-21(24)23-18)25-13-4-10-19(25)17-9-3-7-15-6-1-2-8-16(15)17/h1-2,5-6,8,11-12,14,17,19H,3-4,7,9-10,13H2/t17-,19+/m1/s1. The summed E-state index contributed by atoms with van der Waals surface area (Å²) in [5.41, 5.74) is 3.40. The lowest BCUT2D eigenvalue weighted by atomic mass is 9.78. The van der Waals surface area contributed by atoms with Gasteiger partial charge in [-0.15, -0.1) is 0 Å². The number of amides is 1. The van der Waals surface area contributed by atoms with Crippen LogP contribution in [-0.4, -0.2) is 37.8 Å². The molecule has 2 aliphatic rings. The number of carbonyl (C=O) groups excluding carboxylic acids is 1. The molecule has 132 valence electrons. The molecule has 1 aliphatic carbocycles. The van der Waals surface area contributed by atoms with E-state index in [1.807, 2.05) is 16.7 Å². The van der Waals surface area contributed by atoms with Crippen molar-refractivity contribution in [1.29, 1.82) is 0 Å². The first-order chi connectivity index (χ1) is 12.8. The molecule has 1 saturated heterocycles. The first-order valence-electron chi connectivity index (χ1n) is 9.50. The average Bonchev–Trinajstić information content (AvgIpc) is 3.34. The number of imidazole rings is 1. The molecule has 0 spiro atoms. The van der Waals surface area contributed by atoms with Gasteiger partial charge in [-0.3, -0.25) is 9.20 Å². The maximum atomic E-state index is 13.2. The molecule has 1 aliphatic heterocycles. The zero-order valence-corrected chi connectivity index (χ0v) is 14.7. The van der Waals surface area contributed by atoms with Crippen LogP contribution in [0.25, 0.3) is 5.78 Å². The number of nitrogens with zero attached hydrogens (tertiary/aromatic N) is 4. The second-order valence-electron chi connectivity index (χ2n) is 7.36. The van der Waals surface area contributed by atoms with Gasteiger partial charge in [0.25, 0.3) is 5.91 Å². The van der Waals surface area contributed by atoms with Crippen molar-refractivity contribution in [2.24, 2.45) is 0 Å². The fraction of sp³-hybridized carbons (Fsp3) is 0.381. The first kappa shape index (κ1) is 15.6. The summed E-state index contributed by atoms with van der Waals surface area (Å²) in [6.07, 6.45) is 11.1. The summed E-state index contributed by atoms with van der Waals surface area (Å²) in [5.74, 6) is 1.07. The molecule has 0 unspecified atom stereocenters. The van der Waals surface area contributed by atoms with Crippen LogP contribution in [0, 0.1) is 0 Å². The molecule has 2 atom stereocenters. The second-order valence-corrected chi connectivity index (χ2v) is 7.36. The van der Waals surface area contributed by atoms with E-state index < -0.39 is 0 Å². The minimum atomic E-state index is 0.0426. The van der Waals surface area contributed by atoms with Gasteiger partial charge in [-0.1, -0.05) is 24.3 Å². The van der Waals surface area contributed by atoms with Crippen LogP contribution in [0.1, 0.15) is 53.2 Å². The van der Waals surface area contributed by atoms with E-state index in [-0.39, 0.29) is 11.9 Å². The molecule has 0 saturated carbocycles. The van der Waals surface area contributed by atoms with Crippen LogP contribution in [0.4, 0.5) is 0 Å². The largest absolute Gasteiger partial charge is 0.334 e. The maximum Gasteiger partial charge on any atom is 0.274 e. The van der Waals surface area contributed by atoms with Crippen molar-refractivity contribution in [3.63, 3.8) is 0 Å². The van der Waals surface area contributed by atoms with Crippen molar-refractivity contribution in [3.8, 4) is 0 Å². The molecule has 3 aromatic rings. The molecule has 1 aromatic carbocycles. The highest BCUT2D eigenvalue weighted by Gasteiger charge is 2.38. The number of hydrogen-bond acceptors (Lipinski definition) is 3. The van der Waals surface area contributed by atoms with Crippen LogP contribution in [0.5, 0.6) is 0 Å². The van der Waals surface area contributed by atoms with E-state index in [9.17, 15) is 4.79 Å². The van der Waals surface area contributed by atoms with E-state index >= 15 is 0 Å². The average molecular weight is 346 g/mol. The molecule has 1 fully saturated rings. The topological polar surface area (TPSA) is 50.5 Å². The quantitative estimate of drug-likeness (QED) is 0.714. The highest BCUT2D eigenvalue weighted by molar-refractivity contribution is 5.93. The van der Waals surface area contributed by atoms with Crippen molar-refractivity contribution in [3.05, 3.63) is 65.7 Å². The number of fused-ring (bicyclic) bond motifs is 2. The minimum Gasteiger partial charge on any atom is -0.334 e. The molecule has 5 heteroatoms. The van der Waals surface area contributed by atoms with Gasteiger partial charge in [0.1, 0.15) is 5.69 Å². The molecular weight excluding hydrogens is 324 g/mol. The first-order valence-corrected chi connectivity index (χ1v) is 9.50. The third-order valence-electron chi connectivity index (χ3n) is 5.89. The van der Waals surface area contributed by atoms with Gasteiger partial charge in [0.2, 0.25) is 5.78 Å². The summed E-state index contributed by atoms with van der Waals surface area (Å²) in [6.45, 7) is 0.823. The van der Waals surface area contributed by atoms with Gasteiger partial charge in [-0.25, -0.2) is 9.97 Å². The fourth-order valence-electron chi connectivity index (χ4n) is 4.73. The molecule has 2 aromatic heterocycles. The Hall–Kier alpha value is -2.69. The number of likely N-dealkylation sites (tertiary alicyclic amines) is 1. The number of rotatable bonds is 2. The number of aromatic nitrogens is 3. The molecule has 0 bridgehead atoms. The summed E-state index contributed by atoms with van der Waals surface area (Å²) in [7, 11) is 0. The lowest BCUT2D eigenvalue weighted by Gasteiger charge is -2.35. The molecule has 0 radical (unpaired) electrons. The van der Waals surface area contributed by atoms with Gasteiger partial charge in [0, 0.05) is 37.1 Å². The van der Waals surface area contributed by atoms with Crippen LogP contribution >= 0.6 is 0 Å². The van der Waals surface area contributed by atoms with Crippen molar-refractivity contribution >= 4 is 11.7 Å². The van der Waals surface area contributed by atoms with Gasteiger partial charge in [-0.2, -0.15) is 0 Å². The van der Waals surface area contributed by atoms with Crippen molar-refractivity contribution < 1.29 is 4.79 Å². The Kier molecular flexibility index (Phi) is 3.73.